The van der Waals surface area contributed by atoms with Gasteiger partial charge in [0.05, 0.1) is 6.61 Å². The first-order valence-corrected chi connectivity index (χ1v) is 5.55. The minimum absolute atomic E-state index is 0.138. The smallest absolute Gasteiger partial charge is 0.220 e. The summed E-state index contributed by atoms with van der Waals surface area (Å²) in [5.74, 6) is 0.617. The Bertz CT molecular complexity index is 148. The zero-order valence-electron chi connectivity index (χ0n) is 9.64. The third-order valence-corrected chi connectivity index (χ3v) is 2.15. The highest BCUT2D eigenvalue weighted by Crippen LogP contribution is 2.04. The molecule has 0 radical (unpaired) electrons. The molecule has 0 bridgehead atoms. The second kappa shape index (κ2) is 9.00. The van der Waals surface area contributed by atoms with Crippen molar-refractivity contribution in [3.63, 3.8) is 0 Å². The van der Waals surface area contributed by atoms with Gasteiger partial charge in [-0.1, -0.05) is 27.2 Å². The van der Waals surface area contributed by atoms with Crippen molar-refractivity contribution in [1.29, 1.82) is 0 Å². The molecular formula is C11H23NO2. The fraction of sp³-hybridized carbons (Fsp3) is 0.909. The van der Waals surface area contributed by atoms with Crippen molar-refractivity contribution in [2.75, 3.05) is 19.8 Å². The average molecular weight is 201 g/mol. The van der Waals surface area contributed by atoms with Gasteiger partial charge in [0.25, 0.3) is 0 Å². The molecule has 0 aliphatic carbocycles. The predicted molar refractivity (Wildman–Crippen MR) is 58.2 cm³/mol. The van der Waals surface area contributed by atoms with Gasteiger partial charge in [-0.05, 0) is 12.3 Å². The Morgan fingerprint density at radius 3 is 2.64 bits per heavy atom. The maximum absolute atomic E-state index is 11.3. The van der Waals surface area contributed by atoms with Crippen molar-refractivity contribution >= 4 is 5.91 Å². The SMILES string of the molecule is CCCOCCNC(=O)CC(C)CC. The highest BCUT2D eigenvalue weighted by atomic mass is 16.5. The summed E-state index contributed by atoms with van der Waals surface area (Å²) in [6.07, 6.45) is 2.71. The van der Waals surface area contributed by atoms with Crippen LogP contribution >= 0.6 is 0 Å². The number of hydrogen-bond acceptors (Lipinski definition) is 2. The van der Waals surface area contributed by atoms with Crippen LogP contribution in [-0.4, -0.2) is 25.7 Å². The van der Waals surface area contributed by atoms with Crippen LogP contribution in [0, 0.1) is 5.92 Å². The van der Waals surface area contributed by atoms with Crippen molar-refractivity contribution in [3.05, 3.63) is 0 Å². The van der Waals surface area contributed by atoms with E-state index in [0.717, 1.165) is 19.4 Å². The summed E-state index contributed by atoms with van der Waals surface area (Å²) in [4.78, 5) is 11.3. The molecule has 0 heterocycles. The summed E-state index contributed by atoms with van der Waals surface area (Å²) in [5, 5.41) is 2.84. The van der Waals surface area contributed by atoms with Crippen molar-refractivity contribution < 1.29 is 9.53 Å². The lowest BCUT2D eigenvalue weighted by Gasteiger charge is -2.09. The highest BCUT2D eigenvalue weighted by Gasteiger charge is 2.05. The van der Waals surface area contributed by atoms with Crippen molar-refractivity contribution in [3.8, 4) is 0 Å². The lowest BCUT2D eigenvalue weighted by Crippen LogP contribution is -2.28. The molecule has 0 rings (SSSR count). The van der Waals surface area contributed by atoms with Gasteiger partial charge in [-0.3, -0.25) is 4.79 Å². The van der Waals surface area contributed by atoms with Crippen LogP contribution in [0.3, 0.4) is 0 Å². The van der Waals surface area contributed by atoms with Crippen molar-refractivity contribution in [1.82, 2.24) is 5.32 Å². The Balaban J connectivity index is 3.27. The standard InChI is InChI=1S/C11H23NO2/c1-4-7-14-8-6-12-11(13)9-10(3)5-2/h10H,4-9H2,1-3H3,(H,12,13). The first-order chi connectivity index (χ1) is 6.70. The van der Waals surface area contributed by atoms with E-state index in [1.54, 1.807) is 0 Å². The molecule has 0 saturated carbocycles. The highest BCUT2D eigenvalue weighted by molar-refractivity contribution is 5.76. The molecule has 84 valence electrons. The molecule has 14 heavy (non-hydrogen) atoms. The number of carbonyl (C=O) groups excluding carboxylic acids is 1. The van der Waals surface area contributed by atoms with Gasteiger partial charge < -0.3 is 10.1 Å². The van der Waals surface area contributed by atoms with Gasteiger partial charge in [0.1, 0.15) is 0 Å². The molecular weight excluding hydrogens is 178 g/mol. The van der Waals surface area contributed by atoms with Crippen LogP contribution < -0.4 is 5.32 Å². The summed E-state index contributed by atoms with van der Waals surface area (Å²) in [7, 11) is 0. The summed E-state index contributed by atoms with van der Waals surface area (Å²) in [6, 6.07) is 0. The van der Waals surface area contributed by atoms with Gasteiger partial charge in [-0.25, -0.2) is 0 Å². The minimum Gasteiger partial charge on any atom is -0.380 e. The van der Waals surface area contributed by atoms with Gasteiger partial charge in [-0.2, -0.15) is 0 Å². The molecule has 0 spiro atoms. The summed E-state index contributed by atoms with van der Waals surface area (Å²) in [6.45, 7) is 8.30. The minimum atomic E-state index is 0.138. The largest absolute Gasteiger partial charge is 0.380 e. The number of carbonyl (C=O) groups is 1. The molecule has 3 heteroatoms. The molecule has 0 fully saturated rings. The Morgan fingerprint density at radius 2 is 2.07 bits per heavy atom. The van der Waals surface area contributed by atoms with Crippen LogP contribution in [0.1, 0.15) is 40.0 Å². The molecule has 0 aliphatic rings. The quantitative estimate of drug-likeness (QED) is 0.610. The first-order valence-electron chi connectivity index (χ1n) is 5.55. The van der Waals surface area contributed by atoms with E-state index in [4.69, 9.17) is 4.74 Å². The zero-order chi connectivity index (χ0) is 10.8. The molecule has 0 aromatic heterocycles. The van der Waals surface area contributed by atoms with E-state index < -0.39 is 0 Å². The molecule has 3 nitrogen and oxygen atoms in total. The van der Waals surface area contributed by atoms with Crippen LogP contribution in [0.25, 0.3) is 0 Å². The third kappa shape index (κ3) is 8.05. The number of hydrogen-bond donors (Lipinski definition) is 1. The molecule has 0 aromatic carbocycles. The lowest BCUT2D eigenvalue weighted by atomic mass is 10.1. The topological polar surface area (TPSA) is 38.3 Å². The second-order valence-corrected chi connectivity index (χ2v) is 3.68. The summed E-state index contributed by atoms with van der Waals surface area (Å²) >= 11 is 0. The molecule has 0 saturated heterocycles. The van der Waals surface area contributed by atoms with Crippen LogP contribution in [0.2, 0.25) is 0 Å². The molecule has 1 amide bonds. The number of ether oxygens (including phenoxy) is 1. The van der Waals surface area contributed by atoms with Gasteiger partial charge in [0.15, 0.2) is 0 Å². The monoisotopic (exact) mass is 201 g/mol. The van der Waals surface area contributed by atoms with Gasteiger partial charge in [0, 0.05) is 19.6 Å². The van der Waals surface area contributed by atoms with E-state index in [2.05, 4.69) is 26.1 Å². The number of nitrogens with one attached hydrogen (secondary N) is 1. The van der Waals surface area contributed by atoms with Crippen LogP contribution in [0.4, 0.5) is 0 Å². The molecule has 1 unspecified atom stereocenters. The van der Waals surface area contributed by atoms with Gasteiger partial charge in [0.2, 0.25) is 5.91 Å². The van der Waals surface area contributed by atoms with Crippen LogP contribution in [0.5, 0.6) is 0 Å². The van der Waals surface area contributed by atoms with E-state index in [0.29, 0.717) is 25.5 Å². The molecule has 0 aromatic rings. The predicted octanol–water partition coefficient (Wildman–Crippen LogP) is 1.97. The molecule has 0 aliphatic heterocycles. The maximum Gasteiger partial charge on any atom is 0.220 e. The Kier molecular flexibility index (Phi) is 8.64. The first kappa shape index (κ1) is 13.4. The van der Waals surface area contributed by atoms with Crippen LogP contribution in [0.15, 0.2) is 0 Å². The Hall–Kier alpha value is -0.570. The van der Waals surface area contributed by atoms with Gasteiger partial charge >= 0.3 is 0 Å². The fourth-order valence-corrected chi connectivity index (χ4v) is 1.04. The maximum atomic E-state index is 11.3. The van der Waals surface area contributed by atoms with E-state index in [1.165, 1.54) is 0 Å². The van der Waals surface area contributed by atoms with E-state index in [-0.39, 0.29) is 5.91 Å². The Labute approximate surface area is 87.2 Å². The van der Waals surface area contributed by atoms with Crippen LogP contribution in [-0.2, 0) is 9.53 Å². The zero-order valence-corrected chi connectivity index (χ0v) is 9.64. The van der Waals surface area contributed by atoms with Crippen molar-refractivity contribution in [2.24, 2.45) is 5.92 Å². The summed E-state index contributed by atoms with van der Waals surface area (Å²) < 4.78 is 5.25. The van der Waals surface area contributed by atoms with Gasteiger partial charge in [-0.15, -0.1) is 0 Å². The average Bonchev–Trinajstić information content (AvgIpc) is 2.17. The van der Waals surface area contributed by atoms with E-state index in [1.807, 2.05) is 0 Å². The lowest BCUT2D eigenvalue weighted by molar-refractivity contribution is -0.122. The third-order valence-electron chi connectivity index (χ3n) is 2.15. The van der Waals surface area contributed by atoms with E-state index in [9.17, 15) is 4.79 Å². The van der Waals surface area contributed by atoms with Crippen molar-refractivity contribution in [2.45, 2.75) is 40.0 Å². The summed E-state index contributed by atoms with van der Waals surface area (Å²) in [5.41, 5.74) is 0. The Morgan fingerprint density at radius 1 is 1.36 bits per heavy atom. The molecule has 1 N–H and O–H groups in total. The second-order valence-electron chi connectivity index (χ2n) is 3.68. The van der Waals surface area contributed by atoms with E-state index >= 15 is 0 Å². The number of amides is 1. The molecule has 1 atom stereocenters. The normalized spacial score (nSPS) is 12.5. The number of rotatable bonds is 8. The fourth-order valence-electron chi connectivity index (χ4n) is 1.04.